The first-order chi connectivity index (χ1) is 9.74. The molecular weight excluding hydrogens is 278 g/mol. The van der Waals surface area contributed by atoms with Crippen molar-refractivity contribution >= 4 is 17.3 Å². The fourth-order valence-electron chi connectivity index (χ4n) is 2.24. The second kappa shape index (κ2) is 5.66. The van der Waals surface area contributed by atoms with E-state index in [0.717, 1.165) is 5.69 Å². The van der Waals surface area contributed by atoms with E-state index in [1.807, 2.05) is 0 Å². The molecule has 6 nitrogen and oxygen atoms in total. The summed E-state index contributed by atoms with van der Waals surface area (Å²) in [5.74, 6) is 0.571. The Kier molecular flexibility index (Phi) is 3.73. The number of imidazole rings is 1. The molecule has 0 atom stereocenters. The van der Waals surface area contributed by atoms with Crippen LogP contribution in [0.15, 0.2) is 23.5 Å². The van der Waals surface area contributed by atoms with Crippen LogP contribution in [-0.4, -0.2) is 19.7 Å². The summed E-state index contributed by atoms with van der Waals surface area (Å²) < 4.78 is 1.50. The molecule has 0 bridgehead atoms. The lowest BCUT2D eigenvalue weighted by Gasteiger charge is -2.25. The fourth-order valence-corrected chi connectivity index (χ4v) is 2.43. The van der Waals surface area contributed by atoms with E-state index in [2.05, 4.69) is 20.4 Å². The highest BCUT2D eigenvalue weighted by atomic mass is 35.5. The van der Waals surface area contributed by atoms with Crippen LogP contribution in [-0.2, 0) is 13.1 Å². The van der Waals surface area contributed by atoms with Gasteiger partial charge < -0.3 is 10.3 Å². The van der Waals surface area contributed by atoms with Crippen LogP contribution in [0.5, 0.6) is 0 Å². The number of rotatable bonds is 5. The van der Waals surface area contributed by atoms with Gasteiger partial charge in [0.2, 0.25) is 0 Å². The first kappa shape index (κ1) is 13.2. The maximum absolute atomic E-state index is 12.4. The van der Waals surface area contributed by atoms with Crippen molar-refractivity contribution in [2.24, 2.45) is 5.92 Å². The normalized spacial score (nSPS) is 15.1. The Morgan fingerprint density at radius 1 is 1.45 bits per heavy atom. The van der Waals surface area contributed by atoms with Crippen molar-refractivity contribution in [3.05, 3.63) is 39.8 Å². The fraction of sp³-hybridized carbons (Fsp3) is 0.462. The highest BCUT2D eigenvalue weighted by molar-refractivity contribution is 6.32. The van der Waals surface area contributed by atoms with Crippen molar-refractivity contribution in [2.45, 2.75) is 32.4 Å². The number of nitrogens with zero attached hydrogens (tertiary/aromatic N) is 3. The molecule has 0 unspecified atom stereocenters. The minimum atomic E-state index is -0.163. The molecule has 1 aliphatic carbocycles. The quantitative estimate of drug-likeness (QED) is 0.884. The summed E-state index contributed by atoms with van der Waals surface area (Å²) in [7, 11) is 0. The molecule has 0 aliphatic heterocycles. The van der Waals surface area contributed by atoms with Crippen molar-refractivity contribution in [1.29, 1.82) is 0 Å². The summed E-state index contributed by atoms with van der Waals surface area (Å²) >= 11 is 6.06. The molecule has 2 N–H and O–H groups in total. The van der Waals surface area contributed by atoms with Crippen LogP contribution in [0.4, 0.5) is 5.69 Å². The van der Waals surface area contributed by atoms with Crippen LogP contribution in [0, 0.1) is 5.92 Å². The van der Waals surface area contributed by atoms with Crippen LogP contribution in [0.2, 0.25) is 5.02 Å². The molecule has 2 aromatic rings. The molecule has 7 heteroatoms. The molecule has 1 fully saturated rings. The van der Waals surface area contributed by atoms with Gasteiger partial charge in [-0.2, -0.15) is 5.10 Å². The molecule has 1 saturated carbocycles. The lowest BCUT2D eigenvalue weighted by molar-refractivity contribution is 0.262. The second-order valence-corrected chi connectivity index (χ2v) is 5.49. The Hall–Kier alpha value is -1.82. The first-order valence-electron chi connectivity index (χ1n) is 6.71. The molecule has 20 heavy (non-hydrogen) atoms. The SMILES string of the molecule is O=c1c(NCc2cnc[nH]2)c(Cl)cnn1CC1CCC1. The Morgan fingerprint density at radius 2 is 2.30 bits per heavy atom. The zero-order chi connectivity index (χ0) is 13.9. The summed E-state index contributed by atoms with van der Waals surface area (Å²) in [4.78, 5) is 19.3. The Morgan fingerprint density at radius 3 is 2.95 bits per heavy atom. The molecule has 1 aliphatic rings. The summed E-state index contributed by atoms with van der Waals surface area (Å²) in [5, 5.41) is 7.52. The van der Waals surface area contributed by atoms with Crippen LogP contribution in [0.1, 0.15) is 25.0 Å². The number of hydrogen-bond donors (Lipinski definition) is 2. The predicted molar refractivity (Wildman–Crippen MR) is 76.8 cm³/mol. The smallest absolute Gasteiger partial charge is 0.291 e. The average molecular weight is 294 g/mol. The van der Waals surface area contributed by atoms with Gasteiger partial charge in [0, 0.05) is 12.7 Å². The summed E-state index contributed by atoms with van der Waals surface area (Å²) in [6, 6.07) is 0. The van der Waals surface area contributed by atoms with Crippen LogP contribution >= 0.6 is 11.6 Å². The molecule has 0 spiro atoms. The van der Waals surface area contributed by atoms with Crippen LogP contribution in [0.25, 0.3) is 0 Å². The van der Waals surface area contributed by atoms with E-state index in [1.54, 1.807) is 12.5 Å². The second-order valence-electron chi connectivity index (χ2n) is 5.08. The molecule has 0 aromatic carbocycles. The maximum atomic E-state index is 12.4. The number of hydrogen-bond acceptors (Lipinski definition) is 4. The number of halogens is 1. The zero-order valence-electron chi connectivity index (χ0n) is 11.0. The topological polar surface area (TPSA) is 75.6 Å². The van der Waals surface area contributed by atoms with Crippen molar-refractivity contribution in [3.8, 4) is 0 Å². The van der Waals surface area contributed by atoms with Crippen molar-refractivity contribution in [1.82, 2.24) is 19.7 Å². The van der Waals surface area contributed by atoms with E-state index in [-0.39, 0.29) is 5.56 Å². The van der Waals surface area contributed by atoms with Crippen LogP contribution in [0.3, 0.4) is 0 Å². The minimum absolute atomic E-state index is 0.163. The Labute approximate surface area is 121 Å². The summed E-state index contributed by atoms with van der Waals surface area (Å²) in [5.41, 5.74) is 1.13. The predicted octanol–water partition coefficient (Wildman–Crippen LogP) is 2.03. The van der Waals surface area contributed by atoms with Gasteiger partial charge in [-0.25, -0.2) is 9.67 Å². The molecule has 106 valence electrons. The Bertz CT molecular complexity index is 633. The highest BCUT2D eigenvalue weighted by Crippen LogP contribution is 2.27. The lowest BCUT2D eigenvalue weighted by atomic mass is 9.85. The monoisotopic (exact) mass is 293 g/mol. The Balaban J connectivity index is 1.77. The van der Waals surface area contributed by atoms with Gasteiger partial charge in [0.05, 0.1) is 29.8 Å². The number of aromatic nitrogens is 4. The number of nitrogens with one attached hydrogen (secondary N) is 2. The van der Waals surface area contributed by atoms with Gasteiger partial charge in [-0.3, -0.25) is 4.79 Å². The van der Waals surface area contributed by atoms with Gasteiger partial charge in [-0.15, -0.1) is 0 Å². The molecule has 2 heterocycles. The van der Waals surface area contributed by atoms with E-state index >= 15 is 0 Å². The van der Waals surface area contributed by atoms with Gasteiger partial charge in [-0.05, 0) is 18.8 Å². The molecular formula is C13H16ClN5O. The van der Waals surface area contributed by atoms with Gasteiger partial charge in [0.1, 0.15) is 5.69 Å². The highest BCUT2D eigenvalue weighted by Gasteiger charge is 2.20. The van der Waals surface area contributed by atoms with Gasteiger partial charge in [0.15, 0.2) is 0 Å². The molecule has 2 aromatic heterocycles. The molecule has 0 radical (unpaired) electrons. The lowest BCUT2D eigenvalue weighted by Crippen LogP contribution is -2.30. The van der Waals surface area contributed by atoms with E-state index in [9.17, 15) is 4.79 Å². The molecule has 0 amide bonds. The van der Waals surface area contributed by atoms with E-state index < -0.39 is 0 Å². The van der Waals surface area contributed by atoms with Crippen molar-refractivity contribution in [2.75, 3.05) is 5.32 Å². The largest absolute Gasteiger partial charge is 0.374 e. The summed E-state index contributed by atoms with van der Waals surface area (Å²) in [6.45, 7) is 1.15. The average Bonchev–Trinajstić information content (AvgIpc) is 2.89. The zero-order valence-corrected chi connectivity index (χ0v) is 11.7. The third-order valence-corrected chi connectivity index (χ3v) is 3.95. The van der Waals surface area contributed by atoms with E-state index in [4.69, 9.17) is 11.6 Å². The molecule has 0 saturated heterocycles. The number of anilines is 1. The van der Waals surface area contributed by atoms with E-state index in [0.29, 0.717) is 29.7 Å². The van der Waals surface area contributed by atoms with Crippen molar-refractivity contribution in [3.63, 3.8) is 0 Å². The maximum Gasteiger partial charge on any atom is 0.291 e. The van der Waals surface area contributed by atoms with E-state index in [1.165, 1.54) is 30.1 Å². The first-order valence-corrected chi connectivity index (χ1v) is 7.08. The third-order valence-electron chi connectivity index (χ3n) is 3.66. The number of aromatic amines is 1. The molecule has 3 rings (SSSR count). The minimum Gasteiger partial charge on any atom is -0.374 e. The van der Waals surface area contributed by atoms with Gasteiger partial charge >= 0.3 is 0 Å². The van der Waals surface area contributed by atoms with Crippen LogP contribution < -0.4 is 10.9 Å². The van der Waals surface area contributed by atoms with Gasteiger partial charge in [0.25, 0.3) is 5.56 Å². The van der Waals surface area contributed by atoms with Crippen molar-refractivity contribution < 1.29 is 0 Å². The standard InChI is InChI=1S/C13H16ClN5O/c14-11-6-18-19(7-9-2-1-3-9)13(20)12(11)16-5-10-4-15-8-17-10/h4,6,8-9,16H,1-3,5,7H2,(H,15,17). The summed E-state index contributed by atoms with van der Waals surface area (Å²) in [6.07, 6.45) is 8.42. The third kappa shape index (κ3) is 2.70. The number of H-pyrrole nitrogens is 1. The van der Waals surface area contributed by atoms with Gasteiger partial charge in [-0.1, -0.05) is 18.0 Å².